The van der Waals surface area contributed by atoms with Crippen molar-refractivity contribution >= 4 is 29.0 Å². The highest BCUT2D eigenvalue weighted by Gasteiger charge is 2.31. The van der Waals surface area contributed by atoms with Crippen molar-refractivity contribution in [3.63, 3.8) is 0 Å². The number of pyridine rings is 2. The Balaban J connectivity index is 1.61. The molecule has 0 radical (unpaired) electrons. The summed E-state index contributed by atoms with van der Waals surface area (Å²) in [5.74, 6) is -1.04. The van der Waals surface area contributed by atoms with Gasteiger partial charge >= 0.3 is 6.36 Å². The second-order valence-electron chi connectivity index (χ2n) is 7.31. The van der Waals surface area contributed by atoms with Crippen molar-refractivity contribution in [2.75, 3.05) is 23.3 Å². The summed E-state index contributed by atoms with van der Waals surface area (Å²) in [5.41, 5.74) is 1.37. The molecule has 1 aliphatic heterocycles. The number of amides is 1. The number of halogens is 5. The molecule has 3 heterocycles. The molecule has 3 aromatic rings. The van der Waals surface area contributed by atoms with Crippen LogP contribution < -0.4 is 15.0 Å². The van der Waals surface area contributed by atoms with E-state index in [0.717, 1.165) is 38.1 Å². The van der Waals surface area contributed by atoms with E-state index in [0.29, 0.717) is 16.9 Å². The summed E-state index contributed by atoms with van der Waals surface area (Å²) in [6, 6.07) is 7.54. The second kappa shape index (κ2) is 9.22. The van der Waals surface area contributed by atoms with Crippen molar-refractivity contribution in [3.8, 4) is 16.9 Å². The molecule has 1 amide bonds. The number of alkyl halides is 3. The first kappa shape index (κ1) is 22.8. The molecule has 1 aliphatic rings. The normalized spacial score (nSPS) is 13.8. The third kappa shape index (κ3) is 5.51. The number of rotatable bonds is 5. The van der Waals surface area contributed by atoms with Crippen molar-refractivity contribution in [2.24, 2.45) is 0 Å². The molecule has 1 saturated heterocycles. The van der Waals surface area contributed by atoms with Gasteiger partial charge in [-0.25, -0.2) is 14.4 Å². The van der Waals surface area contributed by atoms with Gasteiger partial charge < -0.3 is 15.0 Å². The van der Waals surface area contributed by atoms with Crippen molar-refractivity contribution < 1.29 is 27.1 Å². The topological polar surface area (TPSA) is 67.3 Å². The molecule has 1 fully saturated rings. The second-order valence-corrected chi connectivity index (χ2v) is 7.67. The molecule has 2 aromatic heterocycles. The molecule has 0 spiro atoms. The highest BCUT2D eigenvalue weighted by atomic mass is 35.5. The lowest BCUT2D eigenvalue weighted by Crippen LogP contribution is -2.21. The van der Waals surface area contributed by atoms with E-state index in [9.17, 15) is 22.4 Å². The maximum Gasteiger partial charge on any atom is 0.573 e. The highest BCUT2D eigenvalue weighted by molar-refractivity contribution is 6.29. The lowest BCUT2D eigenvalue weighted by molar-refractivity contribution is -0.274. The fourth-order valence-corrected chi connectivity index (χ4v) is 3.59. The van der Waals surface area contributed by atoms with Gasteiger partial charge in [-0.1, -0.05) is 11.6 Å². The standard InChI is InChI=1S/C22H17ClF4N4O2/c23-19-18(24)10-13(11-28-19)17-9-14(12-29-20(17)31-7-1-2-8-31)21(32)30-15-3-5-16(6-4-15)33-22(25,26)27/h3-6,9-12H,1-2,7-8H2,(H,30,32). The molecule has 33 heavy (non-hydrogen) atoms. The maximum absolute atomic E-state index is 14.1. The van der Waals surface area contributed by atoms with E-state index in [2.05, 4.69) is 20.0 Å². The minimum Gasteiger partial charge on any atom is -0.406 e. The average Bonchev–Trinajstić information content (AvgIpc) is 3.30. The van der Waals surface area contributed by atoms with Crippen molar-refractivity contribution in [1.82, 2.24) is 9.97 Å². The van der Waals surface area contributed by atoms with Gasteiger partial charge in [-0.3, -0.25) is 4.79 Å². The Morgan fingerprint density at radius 2 is 1.76 bits per heavy atom. The van der Waals surface area contributed by atoms with Crippen LogP contribution in [-0.4, -0.2) is 35.3 Å². The zero-order valence-electron chi connectivity index (χ0n) is 17.0. The Labute approximate surface area is 191 Å². The van der Waals surface area contributed by atoms with Gasteiger partial charge in [0.15, 0.2) is 11.0 Å². The summed E-state index contributed by atoms with van der Waals surface area (Å²) in [5, 5.41) is 2.33. The molecule has 0 unspecified atom stereocenters. The Hall–Kier alpha value is -3.40. The van der Waals surface area contributed by atoms with E-state index in [1.54, 1.807) is 6.07 Å². The fourth-order valence-electron chi connectivity index (χ4n) is 3.49. The van der Waals surface area contributed by atoms with Gasteiger partial charge in [-0.15, -0.1) is 13.2 Å². The fraction of sp³-hybridized carbons (Fsp3) is 0.227. The van der Waals surface area contributed by atoms with Gasteiger partial charge in [0.25, 0.3) is 5.91 Å². The molecule has 0 saturated carbocycles. The Bertz CT molecular complexity index is 1170. The first-order chi connectivity index (χ1) is 15.7. The van der Waals surface area contributed by atoms with Crippen molar-refractivity contribution in [3.05, 3.63) is 65.3 Å². The van der Waals surface area contributed by atoms with Gasteiger partial charge in [-0.05, 0) is 49.2 Å². The van der Waals surface area contributed by atoms with Gasteiger partial charge in [0, 0.05) is 42.3 Å². The number of nitrogens with zero attached hydrogens (tertiary/aromatic N) is 3. The van der Waals surface area contributed by atoms with Crippen LogP contribution in [0.5, 0.6) is 5.75 Å². The number of aromatic nitrogens is 2. The Kier molecular flexibility index (Phi) is 6.37. The Morgan fingerprint density at radius 3 is 2.39 bits per heavy atom. The minimum absolute atomic E-state index is 0.180. The zero-order chi connectivity index (χ0) is 23.6. The van der Waals surface area contributed by atoms with Crippen molar-refractivity contribution in [1.29, 1.82) is 0 Å². The number of hydrogen-bond acceptors (Lipinski definition) is 5. The molecule has 1 aromatic carbocycles. The summed E-state index contributed by atoms with van der Waals surface area (Å²) in [6.45, 7) is 1.56. The molecular formula is C22H17ClF4N4O2. The first-order valence-corrected chi connectivity index (χ1v) is 10.3. The number of ether oxygens (including phenoxy) is 1. The third-order valence-corrected chi connectivity index (χ3v) is 5.27. The molecule has 11 heteroatoms. The van der Waals surface area contributed by atoms with Crippen LogP contribution in [0.25, 0.3) is 11.1 Å². The predicted octanol–water partition coefficient (Wildman–Crippen LogP) is 5.69. The van der Waals surface area contributed by atoms with Crippen LogP contribution in [0.2, 0.25) is 5.15 Å². The molecule has 1 N–H and O–H groups in total. The van der Waals surface area contributed by atoms with Crippen LogP contribution in [0.3, 0.4) is 0 Å². The summed E-state index contributed by atoms with van der Waals surface area (Å²) >= 11 is 5.71. The molecule has 172 valence electrons. The number of carbonyl (C=O) groups is 1. The van der Waals surface area contributed by atoms with Crippen molar-refractivity contribution in [2.45, 2.75) is 19.2 Å². The number of nitrogens with one attached hydrogen (secondary N) is 1. The summed E-state index contributed by atoms with van der Waals surface area (Å²) in [6.07, 6.45) is -0.0223. The SMILES string of the molecule is O=C(Nc1ccc(OC(F)(F)F)cc1)c1cnc(N2CCCC2)c(-c2cnc(Cl)c(F)c2)c1. The van der Waals surface area contributed by atoms with Crippen LogP contribution in [0, 0.1) is 5.82 Å². The van der Waals surface area contributed by atoms with Gasteiger partial charge in [0.2, 0.25) is 0 Å². The van der Waals surface area contributed by atoms with E-state index in [4.69, 9.17) is 11.6 Å². The molecule has 0 atom stereocenters. The number of carbonyl (C=O) groups excluding carboxylic acids is 1. The van der Waals surface area contributed by atoms with Crippen LogP contribution in [0.15, 0.2) is 48.8 Å². The highest BCUT2D eigenvalue weighted by Crippen LogP contribution is 2.33. The van der Waals surface area contributed by atoms with E-state index >= 15 is 0 Å². The molecular weight excluding hydrogens is 464 g/mol. The monoisotopic (exact) mass is 480 g/mol. The largest absolute Gasteiger partial charge is 0.573 e. The smallest absolute Gasteiger partial charge is 0.406 e. The maximum atomic E-state index is 14.1. The summed E-state index contributed by atoms with van der Waals surface area (Å²) in [7, 11) is 0. The van der Waals surface area contributed by atoms with E-state index in [-0.39, 0.29) is 16.4 Å². The molecule has 0 aliphatic carbocycles. The quantitative estimate of drug-likeness (QED) is 0.375. The van der Waals surface area contributed by atoms with E-state index in [1.807, 2.05) is 4.90 Å². The van der Waals surface area contributed by atoms with Gasteiger partial charge in [-0.2, -0.15) is 0 Å². The van der Waals surface area contributed by atoms with Crippen LogP contribution in [-0.2, 0) is 0 Å². The van der Waals surface area contributed by atoms with Crippen LogP contribution in [0.1, 0.15) is 23.2 Å². The number of hydrogen-bond donors (Lipinski definition) is 1. The molecule has 6 nitrogen and oxygen atoms in total. The summed E-state index contributed by atoms with van der Waals surface area (Å²) < 4.78 is 54.8. The van der Waals surface area contributed by atoms with Crippen LogP contribution >= 0.6 is 11.6 Å². The third-order valence-electron chi connectivity index (χ3n) is 4.99. The molecule has 4 rings (SSSR count). The molecule has 0 bridgehead atoms. The average molecular weight is 481 g/mol. The van der Waals surface area contributed by atoms with Crippen LogP contribution in [0.4, 0.5) is 29.1 Å². The lowest BCUT2D eigenvalue weighted by Gasteiger charge is -2.21. The number of anilines is 2. The summed E-state index contributed by atoms with van der Waals surface area (Å²) in [4.78, 5) is 23.1. The van der Waals surface area contributed by atoms with E-state index < -0.39 is 23.8 Å². The predicted molar refractivity (Wildman–Crippen MR) is 115 cm³/mol. The van der Waals surface area contributed by atoms with E-state index in [1.165, 1.54) is 30.6 Å². The zero-order valence-corrected chi connectivity index (χ0v) is 17.8. The van der Waals surface area contributed by atoms with Gasteiger partial charge in [0.05, 0.1) is 5.56 Å². The number of benzene rings is 1. The minimum atomic E-state index is -4.81. The lowest BCUT2D eigenvalue weighted by atomic mass is 10.1. The first-order valence-electron chi connectivity index (χ1n) is 9.93. The van der Waals surface area contributed by atoms with Gasteiger partial charge in [0.1, 0.15) is 11.6 Å². The Morgan fingerprint density at radius 1 is 1.06 bits per heavy atom.